The van der Waals surface area contributed by atoms with E-state index in [9.17, 15) is 0 Å². The van der Waals surface area contributed by atoms with E-state index in [1.54, 1.807) is 11.3 Å². The number of anilines is 1. The van der Waals surface area contributed by atoms with Crippen LogP contribution in [0.15, 0.2) is 0 Å². The van der Waals surface area contributed by atoms with E-state index in [-0.39, 0.29) is 0 Å². The van der Waals surface area contributed by atoms with E-state index in [2.05, 4.69) is 40.6 Å². The van der Waals surface area contributed by atoms with Gasteiger partial charge >= 0.3 is 0 Å². The lowest BCUT2D eigenvalue weighted by Gasteiger charge is -2.22. The zero-order chi connectivity index (χ0) is 11.3. The number of hydrogen-bond acceptors (Lipinski definition) is 6. The average molecular weight is 246 g/mol. The molecule has 0 aliphatic rings. The Morgan fingerprint density at radius 1 is 1.53 bits per heavy atom. The van der Waals surface area contributed by atoms with Crippen LogP contribution in [0.4, 0.5) is 5.13 Å². The van der Waals surface area contributed by atoms with Gasteiger partial charge in [-0.15, -0.1) is 10.2 Å². The summed E-state index contributed by atoms with van der Waals surface area (Å²) in [6, 6.07) is 0.571. The second-order valence-corrected chi connectivity index (χ2v) is 5.44. The maximum atomic E-state index is 4.13. The van der Waals surface area contributed by atoms with Crippen LogP contribution < -0.4 is 5.32 Å². The lowest BCUT2D eigenvalue weighted by molar-refractivity contribution is 0.269. The van der Waals surface area contributed by atoms with Crippen LogP contribution in [0, 0.1) is 0 Å². The highest BCUT2D eigenvalue weighted by atomic mass is 32.2. The number of nitrogens with zero attached hydrogens (tertiary/aromatic N) is 3. The largest absolute Gasteiger partial charge is 0.363 e. The molecule has 86 valence electrons. The fourth-order valence-electron chi connectivity index (χ4n) is 1.16. The number of rotatable bonds is 6. The summed E-state index contributed by atoms with van der Waals surface area (Å²) in [5.41, 5.74) is 0. The van der Waals surface area contributed by atoms with Crippen molar-refractivity contribution in [2.45, 2.75) is 19.5 Å². The molecule has 0 spiro atoms. The van der Waals surface area contributed by atoms with E-state index in [1.807, 2.05) is 18.8 Å². The molecular weight excluding hydrogens is 228 g/mol. The average Bonchev–Trinajstić information content (AvgIpc) is 2.66. The molecular formula is C9H18N4S2. The van der Waals surface area contributed by atoms with Crippen molar-refractivity contribution in [2.24, 2.45) is 0 Å². The number of thioether (sulfide) groups is 1. The van der Waals surface area contributed by atoms with Crippen LogP contribution in [0.5, 0.6) is 0 Å². The summed E-state index contributed by atoms with van der Waals surface area (Å²) in [5.74, 6) is 1.15. The van der Waals surface area contributed by atoms with Gasteiger partial charge in [0.1, 0.15) is 5.01 Å². The lowest BCUT2D eigenvalue weighted by Crippen LogP contribution is -2.30. The van der Waals surface area contributed by atoms with Crippen LogP contribution in [0.25, 0.3) is 0 Å². The Hall–Kier alpha value is -0.330. The van der Waals surface area contributed by atoms with Crippen molar-refractivity contribution >= 4 is 28.2 Å². The molecule has 1 aromatic rings. The molecule has 0 aliphatic carbocycles. The monoisotopic (exact) mass is 246 g/mol. The van der Waals surface area contributed by atoms with Crippen LogP contribution in [0.3, 0.4) is 0 Å². The Balaban J connectivity index is 2.46. The molecule has 4 nitrogen and oxygen atoms in total. The summed E-state index contributed by atoms with van der Waals surface area (Å²) >= 11 is 3.49. The van der Waals surface area contributed by atoms with Crippen molar-refractivity contribution in [1.82, 2.24) is 15.1 Å². The second kappa shape index (κ2) is 6.30. The van der Waals surface area contributed by atoms with E-state index in [4.69, 9.17) is 0 Å². The molecule has 0 saturated carbocycles. The first kappa shape index (κ1) is 12.7. The molecule has 0 radical (unpaired) electrons. The summed E-state index contributed by atoms with van der Waals surface area (Å²) in [7, 11) is 3.99. The first-order valence-electron chi connectivity index (χ1n) is 4.86. The number of nitrogens with one attached hydrogen (secondary N) is 1. The van der Waals surface area contributed by atoms with Crippen LogP contribution in [0.1, 0.15) is 11.9 Å². The van der Waals surface area contributed by atoms with Gasteiger partial charge in [0.05, 0.1) is 6.54 Å². The van der Waals surface area contributed by atoms with Gasteiger partial charge in [0, 0.05) is 18.8 Å². The van der Waals surface area contributed by atoms with E-state index in [0.717, 1.165) is 22.4 Å². The van der Waals surface area contributed by atoms with Crippen molar-refractivity contribution in [2.75, 3.05) is 31.4 Å². The molecule has 1 rings (SSSR count). The smallest absolute Gasteiger partial charge is 0.205 e. The standard InChI is InChI=1S/C9H18N4S2/c1-7(6-14-4)13(3)5-8-11-12-9(10-2)15-8/h7H,5-6H2,1-4H3,(H,10,12). The van der Waals surface area contributed by atoms with Gasteiger partial charge in [-0.2, -0.15) is 11.8 Å². The minimum Gasteiger partial charge on any atom is -0.363 e. The normalized spacial score (nSPS) is 13.1. The lowest BCUT2D eigenvalue weighted by atomic mass is 10.3. The summed E-state index contributed by atoms with van der Waals surface area (Å²) in [4.78, 5) is 2.30. The minimum absolute atomic E-state index is 0.571. The molecule has 0 amide bonds. The van der Waals surface area contributed by atoms with Crippen molar-refractivity contribution in [3.05, 3.63) is 5.01 Å². The highest BCUT2D eigenvalue weighted by Crippen LogP contribution is 2.16. The van der Waals surface area contributed by atoms with Crippen LogP contribution in [-0.4, -0.2) is 47.2 Å². The van der Waals surface area contributed by atoms with E-state index >= 15 is 0 Å². The molecule has 0 fully saturated rings. The van der Waals surface area contributed by atoms with E-state index in [1.165, 1.54) is 0 Å². The molecule has 0 bridgehead atoms. The first-order valence-corrected chi connectivity index (χ1v) is 7.07. The van der Waals surface area contributed by atoms with Crippen molar-refractivity contribution in [1.29, 1.82) is 0 Å². The summed E-state index contributed by atoms with van der Waals surface area (Å²) in [5, 5.41) is 13.1. The van der Waals surface area contributed by atoms with Gasteiger partial charge in [0.2, 0.25) is 5.13 Å². The third-order valence-corrected chi connectivity index (χ3v) is 3.97. The Labute approximate surface area is 99.5 Å². The molecule has 1 aromatic heterocycles. The predicted molar refractivity (Wildman–Crippen MR) is 68.8 cm³/mol. The van der Waals surface area contributed by atoms with Gasteiger partial charge in [-0.05, 0) is 20.2 Å². The van der Waals surface area contributed by atoms with E-state index < -0.39 is 0 Å². The molecule has 1 N–H and O–H groups in total. The Morgan fingerprint density at radius 3 is 2.80 bits per heavy atom. The molecule has 0 aliphatic heterocycles. The molecule has 0 aromatic carbocycles. The summed E-state index contributed by atoms with van der Waals surface area (Å²) in [6.07, 6.45) is 2.13. The molecule has 1 unspecified atom stereocenters. The predicted octanol–water partition coefficient (Wildman–Crippen LogP) is 1.76. The van der Waals surface area contributed by atoms with Crippen molar-refractivity contribution < 1.29 is 0 Å². The number of aromatic nitrogens is 2. The zero-order valence-corrected chi connectivity index (χ0v) is 11.3. The van der Waals surface area contributed by atoms with E-state index in [0.29, 0.717) is 6.04 Å². The maximum Gasteiger partial charge on any atom is 0.205 e. The van der Waals surface area contributed by atoms with Gasteiger partial charge < -0.3 is 5.32 Å². The van der Waals surface area contributed by atoms with Gasteiger partial charge in [-0.3, -0.25) is 4.90 Å². The molecule has 1 heterocycles. The summed E-state index contributed by atoms with van der Waals surface area (Å²) in [6.45, 7) is 3.11. The third kappa shape index (κ3) is 3.96. The van der Waals surface area contributed by atoms with Crippen molar-refractivity contribution in [3.63, 3.8) is 0 Å². The Bertz CT molecular complexity index is 289. The molecule has 0 saturated heterocycles. The minimum atomic E-state index is 0.571. The Kier molecular flexibility index (Phi) is 5.35. The zero-order valence-electron chi connectivity index (χ0n) is 9.65. The second-order valence-electron chi connectivity index (χ2n) is 3.47. The Morgan fingerprint density at radius 2 is 2.27 bits per heavy atom. The fourth-order valence-corrected chi connectivity index (χ4v) is 2.65. The van der Waals surface area contributed by atoms with Gasteiger partial charge in [0.25, 0.3) is 0 Å². The maximum absolute atomic E-state index is 4.13. The molecule has 1 atom stereocenters. The fraction of sp³-hybridized carbons (Fsp3) is 0.778. The van der Waals surface area contributed by atoms with Crippen LogP contribution >= 0.6 is 23.1 Å². The number of hydrogen-bond donors (Lipinski definition) is 1. The molecule has 6 heteroatoms. The SMILES string of the molecule is CNc1nnc(CN(C)C(C)CSC)s1. The van der Waals surface area contributed by atoms with Gasteiger partial charge in [-0.25, -0.2) is 0 Å². The van der Waals surface area contributed by atoms with Crippen molar-refractivity contribution in [3.8, 4) is 0 Å². The molecule has 15 heavy (non-hydrogen) atoms. The quantitative estimate of drug-likeness (QED) is 0.828. The topological polar surface area (TPSA) is 41.1 Å². The van der Waals surface area contributed by atoms with Crippen LogP contribution in [0.2, 0.25) is 0 Å². The third-order valence-electron chi connectivity index (χ3n) is 2.23. The van der Waals surface area contributed by atoms with Crippen LogP contribution in [-0.2, 0) is 6.54 Å². The summed E-state index contributed by atoms with van der Waals surface area (Å²) < 4.78 is 0. The van der Waals surface area contributed by atoms with Gasteiger partial charge in [0.15, 0.2) is 0 Å². The van der Waals surface area contributed by atoms with Gasteiger partial charge in [-0.1, -0.05) is 11.3 Å². The first-order chi connectivity index (χ1) is 7.17. The highest BCUT2D eigenvalue weighted by Gasteiger charge is 2.11. The highest BCUT2D eigenvalue weighted by molar-refractivity contribution is 7.98.